The molecule has 0 heterocycles. The first-order valence-electron chi connectivity index (χ1n) is 5.07. The van der Waals surface area contributed by atoms with Crippen molar-refractivity contribution < 1.29 is 4.74 Å². The molecule has 0 amide bonds. The van der Waals surface area contributed by atoms with E-state index < -0.39 is 0 Å². The second-order valence-electron chi connectivity index (χ2n) is 4.19. The van der Waals surface area contributed by atoms with Crippen LogP contribution < -0.4 is 10.5 Å². The Morgan fingerprint density at radius 2 is 2.00 bits per heavy atom. The van der Waals surface area contributed by atoms with Gasteiger partial charge in [-0.3, -0.25) is 0 Å². The third kappa shape index (κ3) is 1.30. The number of ether oxygens (including phenoxy) is 1. The predicted molar refractivity (Wildman–Crippen MR) is 57.5 cm³/mol. The fourth-order valence-corrected chi connectivity index (χ4v) is 2.22. The lowest BCUT2D eigenvalue weighted by Crippen LogP contribution is -2.21. The average molecular weight is 191 g/mol. The summed E-state index contributed by atoms with van der Waals surface area (Å²) < 4.78 is 5.13. The molecule has 2 rings (SSSR count). The van der Waals surface area contributed by atoms with Crippen LogP contribution >= 0.6 is 0 Å². The van der Waals surface area contributed by atoms with E-state index in [4.69, 9.17) is 10.5 Å². The van der Waals surface area contributed by atoms with E-state index in [9.17, 15) is 0 Å². The van der Waals surface area contributed by atoms with Crippen molar-refractivity contribution in [3.8, 4) is 5.75 Å². The molecule has 0 aliphatic heterocycles. The third-order valence-corrected chi connectivity index (χ3v) is 3.48. The van der Waals surface area contributed by atoms with Gasteiger partial charge in [0.1, 0.15) is 5.75 Å². The summed E-state index contributed by atoms with van der Waals surface area (Å²) in [6.45, 7) is 3.01. The standard InChI is InChI=1S/C12H17NO/c1-9-7-12(9,8-13)10-3-5-11(14-2)6-4-10/h3-6,9H,7-8,13H2,1-2H3. The molecule has 1 aliphatic rings. The topological polar surface area (TPSA) is 35.2 Å². The normalized spacial score (nSPS) is 30.1. The molecule has 2 atom stereocenters. The minimum atomic E-state index is 0.256. The van der Waals surface area contributed by atoms with Gasteiger partial charge in [0.05, 0.1) is 7.11 Å². The van der Waals surface area contributed by atoms with Crippen LogP contribution in [0.15, 0.2) is 24.3 Å². The van der Waals surface area contributed by atoms with Crippen LogP contribution in [-0.2, 0) is 5.41 Å². The van der Waals surface area contributed by atoms with Crippen molar-refractivity contribution in [1.29, 1.82) is 0 Å². The number of methoxy groups -OCH3 is 1. The quantitative estimate of drug-likeness (QED) is 0.792. The molecule has 14 heavy (non-hydrogen) atoms. The SMILES string of the molecule is COc1ccc(C2(CN)CC2C)cc1. The molecular weight excluding hydrogens is 174 g/mol. The van der Waals surface area contributed by atoms with Gasteiger partial charge in [-0.1, -0.05) is 19.1 Å². The highest BCUT2D eigenvalue weighted by Crippen LogP contribution is 2.53. The number of hydrogen-bond donors (Lipinski definition) is 1. The van der Waals surface area contributed by atoms with Gasteiger partial charge >= 0.3 is 0 Å². The Morgan fingerprint density at radius 3 is 2.36 bits per heavy atom. The Labute approximate surface area is 85.1 Å². The lowest BCUT2D eigenvalue weighted by molar-refractivity contribution is 0.414. The zero-order chi connectivity index (χ0) is 10.2. The average Bonchev–Trinajstić information content (AvgIpc) is 2.91. The molecular formula is C12H17NO. The molecule has 1 aromatic rings. The molecule has 1 fully saturated rings. The minimum absolute atomic E-state index is 0.256. The van der Waals surface area contributed by atoms with Crippen LogP contribution in [0.4, 0.5) is 0 Å². The molecule has 2 nitrogen and oxygen atoms in total. The Morgan fingerprint density at radius 1 is 1.43 bits per heavy atom. The monoisotopic (exact) mass is 191 g/mol. The van der Waals surface area contributed by atoms with E-state index >= 15 is 0 Å². The Bertz CT molecular complexity index is 316. The van der Waals surface area contributed by atoms with E-state index in [2.05, 4.69) is 19.1 Å². The highest BCUT2D eigenvalue weighted by Gasteiger charge is 2.50. The van der Waals surface area contributed by atoms with Gasteiger partial charge in [0.2, 0.25) is 0 Å². The summed E-state index contributed by atoms with van der Waals surface area (Å²) in [6, 6.07) is 8.29. The minimum Gasteiger partial charge on any atom is -0.497 e. The van der Waals surface area contributed by atoms with Gasteiger partial charge in [-0.2, -0.15) is 0 Å². The number of rotatable bonds is 3. The van der Waals surface area contributed by atoms with Crippen molar-refractivity contribution in [3.63, 3.8) is 0 Å². The third-order valence-electron chi connectivity index (χ3n) is 3.48. The zero-order valence-corrected chi connectivity index (χ0v) is 8.79. The first kappa shape index (κ1) is 9.53. The van der Waals surface area contributed by atoms with Gasteiger partial charge in [-0.05, 0) is 30.0 Å². The number of benzene rings is 1. The van der Waals surface area contributed by atoms with Crippen LogP contribution in [0.5, 0.6) is 5.75 Å². The molecule has 0 radical (unpaired) electrons. The first-order valence-corrected chi connectivity index (χ1v) is 5.07. The predicted octanol–water partition coefficient (Wildman–Crippen LogP) is 1.93. The molecule has 2 N–H and O–H groups in total. The molecule has 1 aromatic carbocycles. The van der Waals surface area contributed by atoms with E-state index in [0.29, 0.717) is 0 Å². The number of hydrogen-bond acceptors (Lipinski definition) is 2. The molecule has 2 heteroatoms. The van der Waals surface area contributed by atoms with Gasteiger partial charge in [-0.15, -0.1) is 0 Å². The molecule has 0 aromatic heterocycles. The highest BCUT2D eigenvalue weighted by molar-refractivity contribution is 5.37. The Balaban J connectivity index is 2.25. The summed E-state index contributed by atoms with van der Waals surface area (Å²) in [5.74, 6) is 1.63. The van der Waals surface area contributed by atoms with E-state index in [1.54, 1.807) is 7.11 Å². The lowest BCUT2D eigenvalue weighted by Gasteiger charge is -2.14. The largest absolute Gasteiger partial charge is 0.497 e. The van der Waals surface area contributed by atoms with Crippen LogP contribution in [0.25, 0.3) is 0 Å². The van der Waals surface area contributed by atoms with Crippen LogP contribution in [0.1, 0.15) is 18.9 Å². The summed E-state index contributed by atoms with van der Waals surface area (Å²) in [4.78, 5) is 0. The molecule has 76 valence electrons. The number of nitrogens with two attached hydrogens (primary N) is 1. The molecule has 1 aliphatic carbocycles. The van der Waals surface area contributed by atoms with E-state index in [1.807, 2.05) is 12.1 Å². The van der Waals surface area contributed by atoms with Crippen LogP contribution in [0.3, 0.4) is 0 Å². The lowest BCUT2D eigenvalue weighted by atomic mass is 9.94. The summed E-state index contributed by atoms with van der Waals surface area (Å²) in [5.41, 5.74) is 7.44. The maximum absolute atomic E-state index is 5.83. The maximum Gasteiger partial charge on any atom is 0.118 e. The van der Waals surface area contributed by atoms with Crippen molar-refractivity contribution in [3.05, 3.63) is 29.8 Å². The zero-order valence-electron chi connectivity index (χ0n) is 8.79. The van der Waals surface area contributed by atoms with Crippen molar-refractivity contribution in [2.24, 2.45) is 11.7 Å². The van der Waals surface area contributed by atoms with Crippen LogP contribution in [-0.4, -0.2) is 13.7 Å². The van der Waals surface area contributed by atoms with Gasteiger partial charge in [-0.25, -0.2) is 0 Å². The van der Waals surface area contributed by atoms with Gasteiger partial charge in [0, 0.05) is 12.0 Å². The molecule has 1 saturated carbocycles. The summed E-state index contributed by atoms with van der Waals surface area (Å²) in [7, 11) is 1.69. The summed E-state index contributed by atoms with van der Waals surface area (Å²) >= 11 is 0. The Hall–Kier alpha value is -1.02. The van der Waals surface area contributed by atoms with Crippen molar-refractivity contribution in [1.82, 2.24) is 0 Å². The fourth-order valence-electron chi connectivity index (χ4n) is 2.22. The molecule has 0 saturated heterocycles. The first-order chi connectivity index (χ1) is 6.73. The maximum atomic E-state index is 5.83. The van der Waals surface area contributed by atoms with E-state index in [0.717, 1.165) is 18.2 Å². The Kier molecular flexibility index (Phi) is 2.23. The van der Waals surface area contributed by atoms with E-state index in [-0.39, 0.29) is 5.41 Å². The summed E-state index contributed by atoms with van der Waals surface area (Å²) in [5, 5.41) is 0. The van der Waals surface area contributed by atoms with Crippen molar-refractivity contribution in [2.75, 3.05) is 13.7 Å². The molecule has 0 bridgehead atoms. The smallest absolute Gasteiger partial charge is 0.118 e. The van der Waals surface area contributed by atoms with Crippen molar-refractivity contribution in [2.45, 2.75) is 18.8 Å². The van der Waals surface area contributed by atoms with Crippen molar-refractivity contribution >= 4 is 0 Å². The van der Waals surface area contributed by atoms with E-state index in [1.165, 1.54) is 12.0 Å². The second-order valence-corrected chi connectivity index (χ2v) is 4.19. The second kappa shape index (κ2) is 3.28. The highest BCUT2D eigenvalue weighted by atomic mass is 16.5. The molecule has 2 unspecified atom stereocenters. The fraction of sp³-hybridized carbons (Fsp3) is 0.500. The van der Waals surface area contributed by atoms with Gasteiger partial charge < -0.3 is 10.5 Å². The molecule has 0 spiro atoms. The van der Waals surface area contributed by atoms with Gasteiger partial charge in [0.15, 0.2) is 0 Å². The summed E-state index contributed by atoms with van der Waals surface area (Å²) in [6.07, 6.45) is 1.22. The van der Waals surface area contributed by atoms with Crippen LogP contribution in [0, 0.1) is 5.92 Å². The van der Waals surface area contributed by atoms with Crippen LogP contribution in [0.2, 0.25) is 0 Å². The van der Waals surface area contributed by atoms with Gasteiger partial charge in [0.25, 0.3) is 0 Å².